The first kappa shape index (κ1) is 17.3. The van der Waals surface area contributed by atoms with Gasteiger partial charge in [-0.05, 0) is 42.2 Å². The van der Waals surface area contributed by atoms with Crippen LogP contribution in [0.1, 0.15) is 42.6 Å². The van der Waals surface area contributed by atoms with Crippen molar-refractivity contribution < 1.29 is 4.79 Å². The summed E-state index contributed by atoms with van der Waals surface area (Å²) < 4.78 is 0. The number of nitrogens with zero attached hydrogens (tertiary/aromatic N) is 1. The summed E-state index contributed by atoms with van der Waals surface area (Å²) in [6.07, 6.45) is 2.24. The Kier molecular flexibility index (Phi) is 4.64. The third kappa shape index (κ3) is 3.19. The van der Waals surface area contributed by atoms with Gasteiger partial charge in [0.05, 0.1) is 6.04 Å². The fraction of sp³-hybridized carbons (Fsp3) is 0.160. The smallest absolute Gasteiger partial charge is 0.156 e. The lowest BCUT2D eigenvalue weighted by Crippen LogP contribution is -2.39. The van der Waals surface area contributed by atoms with Gasteiger partial charge < -0.3 is 4.90 Å². The van der Waals surface area contributed by atoms with Crippen LogP contribution in [-0.4, -0.2) is 5.78 Å². The number of Topliss-reactive ketones (excluding diaryl/α,β-unsaturated/α-hetero) is 1. The highest BCUT2D eigenvalue weighted by Crippen LogP contribution is 2.45. The maximum Gasteiger partial charge on any atom is 0.156 e. The second-order valence-electron chi connectivity index (χ2n) is 7.09. The van der Waals surface area contributed by atoms with Crippen molar-refractivity contribution in [2.45, 2.75) is 25.9 Å². The van der Waals surface area contributed by atoms with Gasteiger partial charge in [0.1, 0.15) is 6.04 Å². The Morgan fingerprint density at radius 1 is 0.852 bits per heavy atom. The Balaban J connectivity index is 1.94. The molecule has 134 valence electrons. The molecule has 1 heterocycles. The standard InChI is InChI=1S/C25H23NO/c1-18-17-22-15-9-10-16-23(22)26(24(18)20-11-5-3-6-12-20)25(19(2)27)21-13-7-4-8-14-21/h3-17,24-25H,1-2H3. The summed E-state index contributed by atoms with van der Waals surface area (Å²) in [5, 5.41) is 0. The van der Waals surface area contributed by atoms with Crippen LogP contribution in [0.15, 0.2) is 90.5 Å². The lowest BCUT2D eigenvalue weighted by Gasteiger charge is -2.43. The minimum Gasteiger partial charge on any atom is -0.346 e. The van der Waals surface area contributed by atoms with Crippen molar-refractivity contribution in [2.75, 3.05) is 4.90 Å². The Morgan fingerprint density at radius 3 is 2.11 bits per heavy atom. The van der Waals surface area contributed by atoms with Crippen molar-refractivity contribution in [3.8, 4) is 0 Å². The van der Waals surface area contributed by atoms with Gasteiger partial charge in [0, 0.05) is 5.69 Å². The molecule has 0 fully saturated rings. The summed E-state index contributed by atoms with van der Waals surface area (Å²) in [5.41, 5.74) is 5.71. The molecule has 0 bridgehead atoms. The summed E-state index contributed by atoms with van der Waals surface area (Å²) in [4.78, 5) is 15.2. The fourth-order valence-corrected chi connectivity index (χ4v) is 4.10. The van der Waals surface area contributed by atoms with Gasteiger partial charge in [0.15, 0.2) is 5.78 Å². The summed E-state index contributed by atoms with van der Waals surface area (Å²) >= 11 is 0. The van der Waals surface area contributed by atoms with E-state index in [4.69, 9.17) is 0 Å². The van der Waals surface area contributed by atoms with Gasteiger partial charge in [0.25, 0.3) is 0 Å². The zero-order valence-corrected chi connectivity index (χ0v) is 15.7. The molecular formula is C25H23NO. The average molecular weight is 353 g/mol. The van der Waals surface area contributed by atoms with E-state index in [-0.39, 0.29) is 17.9 Å². The molecule has 0 N–H and O–H groups in total. The van der Waals surface area contributed by atoms with E-state index < -0.39 is 0 Å². The van der Waals surface area contributed by atoms with Crippen LogP contribution in [0.5, 0.6) is 0 Å². The third-order valence-electron chi connectivity index (χ3n) is 5.20. The molecule has 4 rings (SSSR count). The number of para-hydroxylation sites is 1. The number of hydrogen-bond donors (Lipinski definition) is 0. The van der Waals surface area contributed by atoms with Crippen LogP contribution in [-0.2, 0) is 4.79 Å². The van der Waals surface area contributed by atoms with Crippen molar-refractivity contribution in [3.05, 3.63) is 107 Å². The molecule has 2 heteroatoms. The van der Waals surface area contributed by atoms with Crippen LogP contribution in [0.25, 0.3) is 6.08 Å². The second-order valence-corrected chi connectivity index (χ2v) is 7.09. The van der Waals surface area contributed by atoms with E-state index >= 15 is 0 Å². The first-order valence-corrected chi connectivity index (χ1v) is 9.32. The van der Waals surface area contributed by atoms with Gasteiger partial charge in [-0.3, -0.25) is 4.79 Å². The molecule has 3 aromatic carbocycles. The van der Waals surface area contributed by atoms with Crippen LogP contribution in [0, 0.1) is 0 Å². The molecule has 2 unspecified atom stereocenters. The Labute approximate surface area is 160 Å². The molecule has 27 heavy (non-hydrogen) atoms. The van der Waals surface area contributed by atoms with E-state index in [2.05, 4.69) is 60.4 Å². The highest BCUT2D eigenvalue weighted by molar-refractivity contribution is 5.89. The highest BCUT2D eigenvalue weighted by atomic mass is 16.1. The van der Waals surface area contributed by atoms with Crippen LogP contribution in [0.3, 0.4) is 0 Å². The zero-order valence-electron chi connectivity index (χ0n) is 15.7. The molecule has 1 aliphatic rings. The monoisotopic (exact) mass is 353 g/mol. The van der Waals surface area contributed by atoms with Gasteiger partial charge in [-0.2, -0.15) is 0 Å². The van der Waals surface area contributed by atoms with Crippen LogP contribution >= 0.6 is 0 Å². The average Bonchev–Trinajstić information content (AvgIpc) is 2.69. The van der Waals surface area contributed by atoms with Gasteiger partial charge in [-0.1, -0.05) is 84.9 Å². The molecule has 0 spiro atoms. The molecule has 0 saturated heterocycles. The molecule has 0 aliphatic carbocycles. The molecule has 0 aromatic heterocycles. The quantitative estimate of drug-likeness (QED) is 0.575. The molecule has 0 amide bonds. The van der Waals surface area contributed by atoms with Gasteiger partial charge in [0.2, 0.25) is 0 Å². The number of carbonyl (C=O) groups excluding carboxylic acids is 1. The molecule has 0 radical (unpaired) electrons. The second kappa shape index (κ2) is 7.24. The summed E-state index contributed by atoms with van der Waals surface area (Å²) in [5.74, 6) is 0.145. The van der Waals surface area contributed by atoms with E-state index in [1.165, 1.54) is 11.1 Å². The number of anilines is 1. The maximum atomic E-state index is 12.9. The number of carbonyl (C=O) groups is 1. The first-order valence-electron chi connectivity index (χ1n) is 9.32. The lowest BCUT2D eigenvalue weighted by atomic mass is 9.87. The van der Waals surface area contributed by atoms with Crippen LogP contribution in [0.4, 0.5) is 5.69 Å². The summed E-state index contributed by atoms with van der Waals surface area (Å²) in [7, 11) is 0. The van der Waals surface area contributed by atoms with E-state index in [9.17, 15) is 4.79 Å². The summed E-state index contributed by atoms with van der Waals surface area (Å²) in [6, 6.07) is 28.6. The van der Waals surface area contributed by atoms with E-state index in [1.54, 1.807) is 6.92 Å². The van der Waals surface area contributed by atoms with Crippen molar-refractivity contribution in [3.63, 3.8) is 0 Å². The highest BCUT2D eigenvalue weighted by Gasteiger charge is 2.35. The Morgan fingerprint density at radius 2 is 1.44 bits per heavy atom. The predicted molar refractivity (Wildman–Crippen MR) is 112 cm³/mol. The largest absolute Gasteiger partial charge is 0.346 e. The number of rotatable bonds is 4. The fourth-order valence-electron chi connectivity index (χ4n) is 4.10. The number of fused-ring (bicyclic) bond motifs is 1. The van der Waals surface area contributed by atoms with Crippen LogP contribution < -0.4 is 4.90 Å². The number of benzene rings is 3. The van der Waals surface area contributed by atoms with Crippen molar-refractivity contribution in [1.82, 2.24) is 0 Å². The third-order valence-corrected chi connectivity index (χ3v) is 5.20. The SMILES string of the molecule is CC(=O)C(c1ccccc1)N1c2ccccc2C=C(C)C1c1ccccc1. The van der Waals surface area contributed by atoms with E-state index in [1.807, 2.05) is 42.5 Å². The predicted octanol–water partition coefficient (Wildman–Crippen LogP) is 5.98. The Hall–Kier alpha value is -3.13. The normalized spacial score (nSPS) is 17.0. The lowest BCUT2D eigenvalue weighted by molar-refractivity contribution is -0.118. The summed E-state index contributed by atoms with van der Waals surface area (Å²) in [6.45, 7) is 3.85. The number of hydrogen-bond acceptors (Lipinski definition) is 2. The molecule has 3 aromatic rings. The molecule has 1 aliphatic heterocycles. The number of ketones is 1. The molecule has 2 atom stereocenters. The minimum atomic E-state index is -0.332. The van der Waals surface area contributed by atoms with Gasteiger partial charge in [-0.15, -0.1) is 0 Å². The minimum absolute atomic E-state index is 0.0233. The zero-order chi connectivity index (χ0) is 18.8. The van der Waals surface area contributed by atoms with Crippen molar-refractivity contribution >= 4 is 17.5 Å². The topological polar surface area (TPSA) is 20.3 Å². The van der Waals surface area contributed by atoms with E-state index in [0.717, 1.165) is 16.8 Å². The molecule has 0 saturated carbocycles. The van der Waals surface area contributed by atoms with Gasteiger partial charge in [-0.25, -0.2) is 0 Å². The Bertz CT molecular complexity index is 975. The van der Waals surface area contributed by atoms with Crippen molar-refractivity contribution in [2.24, 2.45) is 0 Å². The van der Waals surface area contributed by atoms with Gasteiger partial charge >= 0.3 is 0 Å². The van der Waals surface area contributed by atoms with Crippen LogP contribution in [0.2, 0.25) is 0 Å². The first-order chi connectivity index (χ1) is 13.2. The molecular weight excluding hydrogens is 330 g/mol. The van der Waals surface area contributed by atoms with E-state index in [0.29, 0.717) is 0 Å². The maximum absolute atomic E-state index is 12.9. The molecule has 2 nitrogen and oxygen atoms in total. The van der Waals surface area contributed by atoms with Crippen molar-refractivity contribution in [1.29, 1.82) is 0 Å².